The van der Waals surface area contributed by atoms with Gasteiger partial charge in [0.2, 0.25) is 0 Å². The summed E-state index contributed by atoms with van der Waals surface area (Å²) < 4.78 is 0. The van der Waals surface area contributed by atoms with Gasteiger partial charge in [0, 0.05) is 0 Å². The molecule has 4 saturated carbocycles. The molecule has 0 aromatic rings. The molecule has 0 atom stereocenters. The summed E-state index contributed by atoms with van der Waals surface area (Å²) in [5.74, 6) is 2.36. The maximum atomic E-state index is 1.62. The molecule has 0 heterocycles. The second kappa shape index (κ2) is 2.49. The van der Waals surface area contributed by atoms with E-state index in [1.807, 2.05) is 0 Å². The van der Waals surface area contributed by atoms with Crippen molar-refractivity contribution in [2.45, 2.75) is 57.8 Å². The van der Waals surface area contributed by atoms with Crippen molar-refractivity contribution < 1.29 is 0 Å². The molecule has 0 aromatic carbocycles. The summed E-state index contributed by atoms with van der Waals surface area (Å²) in [6.07, 6.45) is 14.2. The van der Waals surface area contributed by atoms with Crippen LogP contribution in [0.4, 0.5) is 0 Å². The zero-order valence-electron chi connectivity index (χ0n) is 8.02. The third-order valence-corrected chi connectivity index (χ3v) is 4.90. The summed E-state index contributed by atoms with van der Waals surface area (Å²) in [7, 11) is 0. The van der Waals surface area contributed by atoms with Crippen LogP contribution >= 0.6 is 0 Å². The Morgan fingerprint density at radius 3 is 2.00 bits per heavy atom. The van der Waals surface area contributed by atoms with Crippen LogP contribution in [0.1, 0.15) is 57.8 Å². The van der Waals surface area contributed by atoms with Crippen molar-refractivity contribution in [3.05, 3.63) is 0 Å². The summed E-state index contributed by atoms with van der Waals surface area (Å²) >= 11 is 0. The Morgan fingerprint density at radius 2 is 1.50 bits per heavy atom. The lowest BCUT2D eigenvalue weighted by Crippen LogP contribution is -2.24. The van der Waals surface area contributed by atoms with Crippen LogP contribution in [-0.2, 0) is 0 Å². The predicted octanol–water partition coefficient (Wildman–Crippen LogP) is 3.76. The summed E-state index contributed by atoms with van der Waals surface area (Å²) in [6.45, 7) is 0. The first-order chi connectivity index (χ1) is 5.89. The molecule has 2 bridgehead atoms. The van der Waals surface area contributed by atoms with Gasteiger partial charge in [-0.2, -0.15) is 0 Å². The van der Waals surface area contributed by atoms with E-state index in [1.165, 1.54) is 24.7 Å². The molecule has 4 aliphatic rings. The van der Waals surface area contributed by atoms with Crippen LogP contribution in [0.3, 0.4) is 0 Å². The fourth-order valence-electron chi connectivity index (χ4n) is 4.19. The fourth-order valence-corrected chi connectivity index (χ4v) is 4.19. The molecule has 0 aromatic heterocycles. The first kappa shape index (κ1) is 7.41. The zero-order valence-corrected chi connectivity index (χ0v) is 8.02. The van der Waals surface area contributed by atoms with Crippen molar-refractivity contribution in [3.63, 3.8) is 0 Å². The Balaban J connectivity index is 1.79. The lowest BCUT2D eigenvalue weighted by atomic mass is 9.71. The molecule has 68 valence electrons. The summed E-state index contributed by atoms with van der Waals surface area (Å²) in [6, 6.07) is 0. The van der Waals surface area contributed by atoms with Gasteiger partial charge in [0.05, 0.1) is 0 Å². The molecule has 0 amide bonds. The van der Waals surface area contributed by atoms with E-state index in [4.69, 9.17) is 0 Å². The van der Waals surface area contributed by atoms with Crippen LogP contribution in [0, 0.1) is 17.3 Å². The highest BCUT2D eigenvalue weighted by atomic mass is 14.6. The van der Waals surface area contributed by atoms with E-state index in [0.717, 1.165) is 5.41 Å². The van der Waals surface area contributed by atoms with Crippen LogP contribution in [-0.4, -0.2) is 0 Å². The van der Waals surface area contributed by atoms with Gasteiger partial charge in [-0.1, -0.05) is 25.7 Å². The highest BCUT2D eigenvalue weighted by Gasteiger charge is 2.53. The monoisotopic (exact) mass is 164 g/mol. The number of rotatable bonds is 0. The van der Waals surface area contributed by atoms with E-state index >= 15 is 0 Å². The maximum absolute atomic E-state index is 1.62. The van der Waals surface area contributed by atoms with E-state index in [0.29, 0.717) is 0 Å². The molecule has 4 aliphatic carbocycles. The van der Waals surface area contributed by atoms with Crippen molar-refractivity contribution in [1.29, 1.82) is 0 Å². The Hall–Kier alpha value is 0. The lowest BCUT2D eigenvalue weighted by molar-refractivity contribution is 0.161. The topological polar surface area (TPSA) is 0 Å². The van der Waals surface area contributed by atoms with Crippen LogP contribution in [0.15, 0.2) is 0 Å². The van der Waals surface area contributed by atoms with Gasteiger partial charge in [-0.3, -0.25) is 0 Å². The largest absolute Gasteiger partial charge is 0.0533 e. The van der Waals surface area contributed by atoms with Crippen molar-refractivity contribution >= 4 is 0 Å². The highest BCUT2D eigenvalue weighted by Crippen LogP contribution is 2.64. The van der Waals surface area contributed by atoms with Crippen molar-refractivity contribution in [1.82, 2.24) is 0 Å². The number of hydrogen-bond acceptors (Lipinski definition) is 0. The molecule has 0 N–H and O–H groups in total. The smallest absolute Gasteiger partial charge is 0.0266 e. The van der Waals surface area contributed by atoms with Gasteiger partial charge in [-0.15, -0.1) is 0 Å². The first-order valence-corrected chi connectivity index (χ1v) is 5.89. The Bertz CT molecular complexity index is 168. The fraction of sp³-hybridized carbons (Fsp3) is 1.00. The summed E-state index contributed by atoms with van der Waals surface area (Å²) in [5, 5.41) is 0. The average Bonchev–Trinajstić information content (AvgIpc) is 2.36. The van der Waals surface area contributed by atoms with E-state index in [9.17, 15) is 0 Å². The molecule has 4 fully saturated rings. The van der Waals surface area contributed by atoms with Crippen LogP contribution < -0.4 is 0 Å². The van der Waals surface area contributed by atoms with E-state index in [-0.39, 0.29) is 0 Å². The molecular formula is C12H20. The van der Waals surface area contributed by atoms with Crippen LogP contribution in [0.25, 0.3) is 0 Å². The summed E-state index contributed by atoms with van der Waals surface area (Å²) in [5.41, 5.74) is 0.890. The van der Waals surface area contributed by atoms with Gasteiger partial charge in [-0.05, 0) is 49.4 Å². The van der Waals surface area contributed by atoms with Crippen LogP contribution in [0.5, 0.6) is 0 Å². The Morgan fingerprint density at radius 1 is 0.833 bits per heavy atom. The van der Waals surface area contributed by atoms with Gasteiger partial charge < -0.3 is 0 Å². The third-order valence-electron chi connectivity index (χ3n) is 4.90. The molecule has 0 nitrogen and oxygen atoms in total. The molecule has 0 heteroatoms. The lowest BCUT2D eigenvalue weighted by Gasteiger charge is -2.34. The van der Waals surface area contributed by atoms with Crippen molar-refractivity contribution in [2.24, 2.45) is 17.3 Å². The van der Waals surface area contributed by atoms with Crippen molar-refractivity contribution in [3.8, 4) is 0 Å². The standard InChI is InChI=1S/C12H20/c1-2-4-6-12(5-3-1)9-10-7-11(12)8-10/h10-11H,1-9H2. The van der Waals surface area contributed by atoms with Gasteiger partial charge in [0.15, 0.2) is 0 Å². The van der Waals surface area contributed by atoms with Gasteiger partial charge in [-0.25, -0.2) is 0 Å². The quantitative estimate of drug-likeness (QED) is 0.511. The average molecular weight is 164 g/mol. The van der Waals surface area contributed by atoms with Gasteiger partial charge >= 0.3 is 0 Å². The molecule has 0 unspecified atom stereocenters. The minimum absolute atomic E-state index is 0.890. The Kier molecular flexibility index (Phi) is 1.54. The normalized spacial score (nSPS) is 44.0. The summed E-state index contributed by atoms with van der Waals surface area (Å²) in [4.78, 5) is 0. The van der Waals surface area contributed by atoms with E-state index in [1.54, 1.807) is 44.9 Å². The molecule has 1 spiro atoms. The third kappa shape index (κ3) is 0.900. The van der Waals surface area contributed by atoms with E-state index in [2.05, 4.69) is 0 Å². The van der Waals surface area contributed by atoms with E-state index < -0.39 is 0 Å². The molecule has 0 aliphatic heterocycles. The minimum Gasteiger partial charge on any atom is -0.0533 e. The molecular weight excluding hydrogens is 144 g/mol. The molecule has 0 radical (unpaired) electrons. The molecule has 4 rings (SSSR count). The first-order valence-electron chi connectivity index (χ1n) is 5.89. The second-order valence-electron chi connectivity index (χ2n) is 5.52. The molecule has 0 saturated heterocycles. The Labute approximate surface area is 75.7 Å². The minimum atomic E-state index is 0.890. The molecule has 12 heavy (non-hydrogen) atoms. The zero-order chi connectivity index (χ0) is 8.02. The van der Waals surface area contributed by atoms with Crippen LogP contribution in [0.2, 0.25) is 0 Å². The van der Waals surface area contributed by atoms with Gasteiger partial charge in [0.25, 0.3) is 0 Å². The predicted molar refractivity (Wildman–Crippen MR) is 51.0 cm³/mol. The second-order valence-corrected chi connectivity index (χ2v) is 5.52. The van der Waals surface area contributed by atoms with Gasteiger partial charge in [0.1, 0.15) is 0 Å². The number of hydrogen-bond donors (Lipinski definition) is 0. The maximum Gasteiger partial charge on any atom is -0.0266 e. The SMILES string of the molecule is C1CCCC2(CC1)CC1CC2C1. The van der Waals surface area contributed by atoms with Crippen molar-refractivity contribution in [2.75, 3.05) is 0 Å². The highest BCUT2D eigenvalue weighted by molar-refractivity contribution is 5.04.